The lowest BCUT2D eigenvalue weighted by atomic mass is 9.90. The van der Waals surface area contributed by atoms with Gasteiger partial charge in [-0.2, -0.15) is 0 Å². The normalized spacial score (nSPS) is 16.2. The van der Waals surface area contributed by atoms with Gasteiger partial charge in [0.25, 0.3) is 5.56 Å². The maximum absolute atomic E-state index is 11.8. The third kappa shape index (κ3) is 3.74. The molecule has 1 fully saturated rings. The Labute approximate surface area is 141 Å². The fourth-order valence-electron chi connectivity index (χ4n) is 3.30. The number of carboxylic acids is 1. The standard InChI is InChI=1S/C19H22N2O3/c1-20-8-5-16(12-18(20)22)15-6-9-21(10-7-15)13-14-3-2-4-17(11-14)19(23)24/h2-5,8,11-12,15H,6-7,9-10,13H2,1H3,(H,23,24). The molecule has 0 aliphatic carbocycles. The zero-order valence-corrected chi connectivity index (χ0v) is 13.8. The second kappa shape index (κ2) is 7.01. The van der Waals surface area contributed by atoms with Crippen LogP contribution in [0.15, 0.2) is 47.4 Å². The van der Waals surface area contributed by atoms with E-state index < -0.39 is 5.97 Å². The van der Waals surface area contributed by atoms with Crippen LogP contribution in [0.4, 0.5) is 0 Å². The van der Waals surface area contributed by atoms with Crippen LogP contribution in [0.3, 0.4) is 0 Å². The number of aryl methyl sites for hydroxylation is 1. The summed E-state index contributed by atoms with van der Waals surface area (Å²) in [4.78, 5) is 25.2. The van der Waals surface area contributed by atoms with Crippen LogP contribution in [0.5, 0.6) is 0 Å². The number of pyridine rings is 1. The molecule has 1 aromatic heterocycles. The van der Waals surface area contributed by atoms with Crippen molar-refractivity contribution in [1.29, 1.82) is 0 Å². The molecular formula is C19H22N2O3. The smallest absolute Gasteiger partial charge is 0.335 e. The molecular weight excluding hydrogens is 304 g/mol. The molecule has 2 aromatic rings. The van der Waals surface area contributed by atoms with Crippen molar-refractivity contribution in [2.24, 2.45) is 7.05 Å². The van der Waals surface area contributed by atoms with Crippen LogP contribution in [0.25, 0.3) is 0 Å². The van der Waals surface area contributed by atoms with Crippen LogP contribution in [0, 0.1) is 0 Å². The third-order valence-corrected chi connectivity index (χ3v) is 4.77. The number of hydrogen-bond acceptors (Lipinski definition) is 3. The molecule has 0 bridgehead atoms. The first-order valence-electron chi connectivity index (χ1n) is 8.24. The number of aromatic nitrogens is 1. The highest BCUT2D eigenvalue weighted by Crippen LogP contribution is 2.27. The zero-order valence-electron chi connectivity index (χ0n) is 13.8. The molecule has 1 N–H and O–H groups in total. The molecule has 0 spiro atoms. The molecule has 126 valence electrons. The van der Waals surface area contributed by atoms with Crippen molar-refractivity contribution in [3.8, 4) is 0 Å². The molecule has 2 heterocycles. The summed E-state index contributed by atoms with van der Waals surface area (Å²) in [6.07, 6.45) is 3.87. The van der Waals surface area contributed by atoms with E-state index in [0.29, 0.717) is 11.5 Å². The number of rotatable bonds is 4. The van der Waals surface area contributed by atoms with Crippen molar-refractivity contribution in [2.75, 3.05) is 13.1 Å². The predicted molar refractivity (Wildman–Crippen MR) is 92.3 cm³/mol. The highest BCUT2D eigenvalue weighted by Gasteiger charge is 2.21. The summed E-state index contributed by atoms with van der Waals surface area (Å²) in [6.45, 7) is 2.68. The molecule has 1 aliphatic heterocycles. The Balaban J connectivity index is 1.61. The summed E-state index contributed by atoms with van der Waals surface area (Å²) in [5.41, 5.74) is 2.54. The second-order valence-electron chi connectivity index (χ2n) is 6.47. The van der Waals surface area contributed by atoms with E-state index >= 15 is 0 Å². The summed E-state index contributed by atoms with van der Waals surface area (Å²) < 4.78 is 1.59. The largest absolute Gasteiger partial charge is 0.478 e. The Hall–Kier alpha value is -2.40. The lowest BCUT2D eigenvalue weighted by Gasteiger charge is -2.32. The van der Waals surface area contributed by atoms with Gasteiger partial charge in [0.15, 0.2) is 0 Å². The fraction of sp³-hybridized carbons (Fsp3) is 0.368. The van der Waals surface area contributed by atoms with Gasteiger partial charge in [-0.25, -0.2) is 4.79 Å². The van der Waals surface area contributed by atoms with Crippen molar-refractivity contribution < 1.29 is 9.90 Å². The van der Waals surface area contributed by atoms with Crippen molar-refractivity contribution in [3.63, 3.8) is 0 Å². The van der Waals surface area contributed by atoms with E-state index in [4.69, 9.17) is 5.11 Å². The minimum atomic E-state index is -0.888. The minimum Gasteiger partial charge on any atom is -0.478 e. The Bertz CT molecular complexity index is 789. The average molecular weight is 326 g/mol. The van der Waals surface area contributed by atoms with Gasteiger partial charge in [0, 0.05) is 25.9 Å². The molecule has 1 aromatic carbocycles. The fourth-order valence-corrected chi connectivity index (χ4v) is 3.30. The quantitative estimate of drug-likeness (QED) is 0.937. The average Bonchev–Trinajstić information content (AvgIpc) is 2.58. The maximum atomic E-state index is 11.8. The van der Waals surface area contributed by atoms with E-state index in [2.05, 4.69) is 4.90 Å². The topological polar surface area (TPSA) is 62.5 Å². The van der Waals surface area contributed by atoms with Gasteiger partial charge in [0.05, 0.1) is 5.56 Å². The first-order valence-corrected chi connectivity index (χ1v) is 8.24. The van der Waals surface area contributed by atoms with Crippen LogP contribution in [-0.2, 0) is 13.6 Å². The summed E-state index contributed by atoms with van der Waals surface area (Å²) in [6, 6.07) is 10.9. The van der Waals surface area contributed by atoms with Gasteiger partial charge in [0.2, 0.25) is 0 Å². The molecule has 5 nitrogen and oxygen atoms in total. The number of likely N-dealkylation sites (tertiary alicyclic amines) is 1. The van der Waals surface area contributed by atoms with E-state index in [-0.39, 0.29) is 5.56 Å². The van der Waals surface area contributed by atoms with Crippen LogP contribution in [-0.4, -0.2) is 33.6 Å². The number of hydrogen-bond donors (Lipinski definition) is 1. The maximum Gasteiger partial charge on any atom is 0.335 e. The number of nitrogens with zero attached hydrogens (tertiary/aromatic N) is 2. The monoisotopic (exact) mass is 326 g/mol. The van der Waals surface area contributed by atoms with Gasteiger partial charge in [-0.3, -0.25) is 9.69 Å². The summed E-state index contributed by atoms with van der Waals surface area (Å²) >= 11 is 0. The second-order valence-corrected chi connectivity index (χ2v) is 6.47. The SMILES string of the molecule is Cn1ccc(C2CCN(Cc3cccc(C(=O)O)c3)CC2)cc1=O. The molecule has 0 atom stereocenters. The molecule has 1 saturated heterocycles. The summed E-state index contributed by atoms with van der Waals surface area (Å²) in [7, 11) is 1.76. The van der Waals surface area contributed by atoms with Gasteiger partial charge in [-0.05, 0) is 61.2 Å². The van der Waals surface area contributed by atoms with E-state index in [9.17, 15) is 9.59 Å². The van der Waals surface area contributed by atoms with E-state index in [0.717, 1.165) is 43.6 Å². The molecule has 0 amide bonds. The van der Waals surface area contributed by atoms with Gasteiger partial charge in [-0.15, -0.1) is 0 Å². The van der Waals surface area contributed by atoms with E-state index in [1.54, 1.807) is 35.9 Å². The number of aromatic carboxylic acids is 1. The first-order chi connectivity index (χ1) is 11.5. The Kier molecular flexibility index (Phi) is 4.81. The first kappa shape index (κ1) is 16.5. The minimum absolute atomic E-state index is 0.0421. The van der Waals surface area contributed by atoms with Crippen molar-refractivity contribution >= 4 is 5.97 Å². The van der Waals surface area contributed by atoms with Gasteiger partial charge in [-0.1, -0.05) is 12.1 Å². The molecule has 3 rings (SSSR count). The van der Waals surface area contributed by atoms with Crippen molar-refractivity contribution in [2.45, 2.75) is 25.3 Å². The number of benzene rings is 1. The number of carbonyl (C=O) groups is 1. The van der Waals surface area contributed by atoms with Gasteiger partial charge >= 0.3 is 5.97 Å². The lowest BCUT2D eigenvalue weighted by Crippen LogP contribution is -2.33. The molecule has 0 unspecified atom stereocenters. The summed E-state index contributed by atoms with van der Waals surface area (Å²) in [5, 5.41) is 9.08. The van der Waals surface area contributed by atoms with Crippen LogP contribution < -0.4 is 5.56 Å². The van der Waals surface area contributed by atoms with Crippen LogP contribution in [0.2, 0.25) is 0 Å². The Morgan fingerprint density at radius 3 is 2.62 bits per heavy atom. The number of carboxylic acid groups (broad SMARTS) is 1. The molecule has 0 radical (unpaired) electrons. The van der Waals surface area contributed by atoms with Gasteiger partial charge in [0.1, 0.15) is 0 Å². The van der Waals surface area contributed by atoms with Crippen molar-refractivity contribution in [3.05, 3.63) is 69.6 Å². The highest BCUT2D eigenvalue weighted by atomic mass is 16.4. The zero-order chi connectivity index (χ0) is 17.1. The van der Waals surface area contributed by atoms with E-state index in [1.165, 1.54) is 0 Å². The van der Waals surface area contributed by atoms with Gasteiger partial charge < -0.3 is 9.67 Å². The van der Waals surface area contributed by atoms with Crippen molar-refractivity contribution in [1.82, 2.24) is 9.47 Å². The predicted octanol–water partition coefficient (Wildman–Crippen LogP) is 2.46. The number of piperidine rings is 1. The highest BCUT2D eigenvalue weighted by molar-refractivity contribution is 5.87. The Morgan fingerprint density at radius 1 is 1.21 bits per heavy atom. The Morgan fingerprint density at radius 2 is 1.96 bits per heavy atom. The van der Waals surface area contributed by atoms with Crippen LogP contribution >= 0.6 is 0 Å². The molecule has 5 heteroatoms. The van der Waals surface area contributed by atoms with Crippen LogP contribution in [0.1, 0.15) is 40.2 Å². The summed E-state index contributed by atoms with van der Waals surface area (Å²) in [5.74, 6) is -0.457. The molecule has 0 saturated carbocycles. The van der Waals surface area contributed by atoms with E-state index in [1.807, 2.05) is 18.3 Å². The molecule has 24 heavy (non-hydrogen) atoms. The third-order valence-electron chi connectivity index (χ3n) is 4.77. The molecule has 1 aliphatic rings. The lowest BCUT2D eigenvalue weighted by molar-refractivity contribution is 0.0696.